The normalized spacial score (nSPS) is 17.5. The van der Waals surface area contributed by atoms with E-state index in [0.717, 1.165) is 12.5 Å². The second-order valence-corrected chi connectivity index (χ2v) is 8.15. The topological polar surface area (TPSA) is 44.8 Å². The van der Waals surface area contributed by atoms with Crippen molar-refractivity contribution in [1.82, 2.24) is 0 Å². The average molecular weight is 548 g/mol. The number of carbonyl (C=O) groups is 1. The SMILES string of the molecule is C=O.CCC1COC(c2ccc(-c3cc(F)c(C(F)(F)Oc4cc(F)c(F)c(F)c4)c(F)c3)c(F)c2)OC1. The van der Waals surface area contributed by atoms with Gasteiger partial charge in [-0.05, 0) is 30.2 Å². The molecule has 0 aliphatic carbocycles. The second-order valence-electron chi connectivity index (χ2n) is 8.15. The predicted molar refractivity (Wildman–Crippen MR) is 118 cm³/mol. The van der Waals surface area contributed by atoms with Crippen LogP contribution >= 0.6 is 0 Å². The molecule has 4 rings (SSSR count). The van der Waals surface area contributed by atoms with Crippen LogP contribution in [0.2, 0.25) is 0 Å². The van der Waals surface area contributed by atoms with Gasteiger partial charge in [-0.2, -0.15) is 8.78 Å². The monoisotopic (exact) mass is 548 g/mol. The van der Waals surface area contributed by atoms with E-state index in [1.807, 2.05) is 13.7 Å². The lowest BCUT2D eigenvalue weighted by Gasteiger charge is -2.29. The van der Waals surface area contributed by atoms with Crippen molar-refractivity contribution in [3.8, 4) is 16.9 Å². The number of halogens is 8. The quantitative estimate of drug-likeness (QED) is 0.241. The van der Waals surface area contributed by atoms with Crippen LogP contribution in [0.3, 0.4) is 0 Å². The first-order valence-corrected chi connectivity index (χ1v) is 11.0. The van der Waals surface area contributed by atoms with Crippen LogP contribution in [-0.2, 0) is 20.4 Å². The zero-order chi connectivity index (χ0) is 28.2. The van der Waals surface area contributed by atoms with Crippen molar-refractivity contribution in [3.05, 3.63) is 88.5 Å². The highest BCUT2D eigenvalue weighted by Crippen LogP contribution is 2.38. The third-order valence-corrected chi connectivity index (χ3v) is 5.66. The zero-order valence-corrected chi connectivity index (χ0v) is 19.7. The van der Waals surface area contributed by atoms with Gasteiger partial charge in [0.15, 0.2) is 23.7 Å². The molecule has 1 fully saturated rings. The minimum Gasteiger partial charge on any atom is -0.429 e. The Kier molecular flexibility index (Phi) is 9.10. The molecule has 204 valence electrons. The Hall–Kier alpha value is -3.51. The Morgan fingerprint density at radius 2 is 1.39 bits per heavy atom. The van der Waals surface area contributed by atoms with Gasteiger partial charge >= 0.3 is 6.11 Å². The molecule has 12 heteroatoms. The Morgan fingerprint density at radius 3 is 1.89 bits per heavy atom. The molecule has 0 bridgehead atoms. The molecule has 1 aliphatic rings. The summed E-state index contributed by atoms with van der Waals surface area (Å²) in [5, 5.41) is 0. The molecule has 0 N–H and O–H groups in total. The van der Waals surface area contributed by atoms with Crippen LogP contribution < -0.4 is 4.74 Å². The molecule has 4 nitrogen and oxygen atoms in total. The highest BCUT2D eigenvalue weighted by Gasteiger charge is 2.41. The minimum atomic E-state index is -4.75. The average Bonchev–Trinajstić information content (AvgIpc) is 2.87. The Bertz CT molecular complexity index is 1250. The number of carbonyl (C=O) groups excluding carboxylic acids is 1. The van der Waals surface area contributed by atoms with Gasteiger partial charge in [0.05, 0.1) is 13.2 Å². The van der Waals surface area contributed by atoms with Crippen LogP contribution in [0.1, 0.15) is 30.8 Å². The lowest BCUT2D eigenvalue weighted by molar-refractivity contribution is -0.205. The number of hydrogen-bond acceptors (Lipinski definition) is 4. The van der Waals surface area contributed by atoms with Crippen molar-refractivity contribution in [3.63, 3.8) is 0 Å². The molecule has 0 amide bonds. The lowest BCUT2D eigenvalue weighted by Crippen LogP contribution is -2.26. The van der Waals surface area contributed by atoms with Gasteiger partial charge in [-0.25, -0.2) is 26.3 Å². The molecule has 0 saturated carbocycles. The maximum absolute atomic E-state index is 14.8. The third kappa shape index (κ3) is 6.13. The standard InChI is InChI=1S/C25H18F8O3.CH2O/c1-2-12-10-34-24(35-11-12)13-3-4-16(17(26)5-13)14-6-18(27)22(19(28)7-14)25(32,33)36-15-8-20(29)23(31)21(30)9-15;1-2/h3-9,12,24H,2,10-11H2,1H3;1H2. The van der Waals surface area contributed by atoms with Crippen LogP contribution in [0, 0.1) is 40.8 Å². The van der Waals surface area contributed by atoms with E-state index in [4.69, 9.17) is 14.3 Å². The van der Waals surface area contributed by atoms with Crippen LogP contribution in [-0.4, -0.2) is 20.0 Å². The molecule has 3 aromatic carbocycles. The largest absolute Gasteiger partial charge is 0.432 e. The number of benzene rings is 3. The molecular weight excluding hydrogens is 528 g/mol. The van der Waals surface area contributed by atoms with Crippen LogP contribution in [0.25, 0.3) is 11.1 Å². The highest BCUT2D eigenvalue weighted by molar-refractivity contribution is 5.65. The number of alkyl halides is 2. The summed E-state index contributed by atoms with van der Waals surface area (Å²) in [7, 11) is 0. The summed E-state index contributed by atoms with van der Waals surface area (Å²) in [6, 6.07) is 4.75. The molecule has 0 atom stereocenters. The van der Waals surface area contributed by atoms with Crippen molar-refractivity contribution in [1.29, 1.82) is 0 Å². The number of ether oxygens (including phenoxy) is 3. The maximum Gasteiger partial charge on any atom is 0.432 e. The molecule has 0 aromatic heterocycles. The fraction of sp³-hybridized carbons (Fsp3) is 0.269. The molecule has 0 radical (unpaired) electrons. The van der Waals surface area contributed by atoms with Gasteiger partial charge < -0.3 is 19.0 Å². The first-order chi connectivity index (χ1) is 18.0. The number of rotatable bonds is 6. The van der Waals surface area contributed by atoms with E-state index in [1.165, 1.54) is 12.1 Å². The van der Waals surface area contributed by atoms with Crippen LogP contribution in [0.5, 0.6) is 5.75 Å². The van der Waals surface area contributed by atoms with E-state index in [0.29, 0.717) is 30.9 Å². The predicted octanol–water partition coefficient (Wildman–Crippen LogP) is 7.20. The number of hydrogen-bond donors (Lipinski definition) is 0. The fourth-order valence-electron chi connectivity index (χ4n) is 3.68. The molecule has 3 aromatic rings. The summed E-state index contributed by atoms with van der Waals surface area (Å²) < 4.78 is 128. The van der Waals surface area contributed by atoms with Gasteiger partial charge in [0, 0.05) is 29.2 Å². The van der Waals surface area contributed by atoms with Gasteiger partial charge in [0.2, 0.25) is 0 Å². The third-order valence-electron chi connectivity index (χ3n) is 5.66. The van der Waals surface area contributed by atoms with Crippen molar-refractivity contribution >= 4 is 6.79 Å². The van der Waals surface area contributed by atoms with E-state index in [-0.39, 0.29) is 23.6 Å². The maximum atomic E-state index is 14.8. The fourth-order valence-corrected chi connectivity index (χ4v) is 3.68. The zero-order valence-electron chi connectivity index (χ0n) is 19.7. The molecule has 38 heavy (non-hydrogen) atoms. The lowest BCUT2D eigenvalue weighted by atomic mass is 10.00. The first-order valence-electron chi connectivity index (χ1n) is 11.0. The van der Waals surface area contributed by atoms with Crippen LogP contribution in [0.15, 0.2) is 42.5 Å². The summed E-state index contributed by atoms with van der Waals surface area (Å²) in [5.74, 6) is -11.2. The Morgan fingerprint density at radius 1 is 0.842 bits per heavy atom. The van der Waals surface area contributed by atoms with Gasteiger partial charge in [0.1, 0.15) is 35.6 Å². The molecule has 0 spiro atoms. The summed E-state index contributed by atoms with van der Waals surface area (Å²) in [6.45, 7) is 4.80. The molecule has 1 saturated heterocycles. The van der Waals surface area contributed by atoms with Crippen molar-refractivity contribution < 1.29 is 54.1 Å². The second kappa shape index (κ2) is 11.9. The molecule has 1 aliphatic heterocycles. The van der Waals surface area contributed by atoms with Gasteiger partial charge in [-0.3, -0.25) is 0 Å². The van der Waals surface area contributed by atoms with E-state index < -0.39 is 64.2 Å². The van der Waals surface area contributed by atoms with Gasteiger partial charge in [0.25, 0.3) is 0 Å². The molecule has 0 unspecified atom stereocenters. The smallest absolute Gasteiger partial charge is 0.429 e. The van der Waals surface area contributed by atoms with E-state index in [9.17, 15) is 35.1 Å². The molecular formula is C26H20F8O4. The van der Waals surface area contributed by atoms with E-state index in [1.54, 1.807) is 0 Å². The Labute approximate surface area is 211 Å². The summed E-state index contributed by atoms with van der Waals surface area (Å²) >= 11 is 0. The minimum absolute atomic E-state index is 0.0928. The highest BCUT2D eigenvalue weighted by atomic mass is 19.3. The van der Waals surface area contributed by atoms with Gasteiger partial charge in [-0.1, -0.05) is 19.1 Å². The van der Waals surface area contributed by atoms with Crippen molar-refractivity contribution in [2.24, 2.45) is 5.92 Å². The van der Waals surface area contributed by atoms with Crippen LogP contribution in [0.4, 0.5) is 35.1 Å². The molecule has 1 heterocycles. The van der Waals surface area contributed by atoms with Crippen molar-refractivity contribution in [2.45, 2.75) is 25.7 Å². The van der Waals surface area contributed by atoms with Gasteiger partial charge in [-0.15, -0.1) is 0 Å². The first kappa shape index (κ1) is 29.1. The summed E-state index contributed by atoms with van der Waals surface area (Å²) in [6.07, 6.45) is -4.74. The summed E-state index contributed by atoms with van der Waals surface area (Å²) in [5.41, 5.74) is -2.26. The van der Waals surface area contributed by atoms with E-state index >= 15 is 0 Å². The summed E-state index contributed by atoms with van der Waals surface area (Å²) in [4.78, 5) is 8.00. The van der Waals surface area contributed by atoms with E-state index in [2.05, 4.69) is 4.74 Å². The van der Waals surface area contributed by atoms with Crippen molar-refractivity contribution in [2.75, 3.05) is 13.2 Å². The Balaban J connectivity index is 0.00000195.